The predicted molar refractivity (Wildman–Crippen MR) is 113 cm³/mol. The lowest BCUT2D eigenvalue weighted by molar-refractivity contribution is 0.105. The largest absolute Gasteiger partial charge is 0.362 e. The van der Waals surface area contributed by atoms with Crippen molar-refractivity contribution in [2.45, 2.75) is 33.7 Å². The Labute approximate surface area is 172 Å². The van der Waals surface area contributed by atoms with Crippen molar-refractivity contribution in [2.24, 2.45) is 5.92 Å². The van der Waals surface area contributed by atoms with Crippen molar-refractivity contribution in [3.63, 3.8) is 0 Å². The molecule has 2 N–H and O–H groups in total. The Bertz CT molecular complexity index is 1150. The molecule has 0 aliphatic rings. The van der Waals surface area contributed by atoms with Crippen LogP contribution < -0.4 is 11.4 Å². The molecule has 0 amide bonds. The topological polar surface area (TPSA) is 124 Å². The molecule has 3 rings (SSSR count). The monoisotopic (exact) mass is 411 g/mol. The molecule has 0 aliphatic carbocycles. The highest BCUT2D eigenvalue weighted by Crippen LogP contribution is 2.08. The minimum atomic E-state index is -0.527. The molecular weight excluding hydrogens is 386 g/mol. The van der Waals surface area contributed by atoms with Crippen LogP contribution in [0.1, 0.15) is 19.4 Å². The van der Waals surface area contributed by atoms with E-state index in [9.17, 15) is 9.59 Å². The van der Waals surface area contributed by atoms with E-state index in [0.717, 1.165) is 10.1 Å². The summed E-state index contributed by atoms with van der Waals surface area (Å²) in [5, 5.41) is 19.9. The molecule has 2 aromatic heterocycles. The molecule has 0 atom stereocenters. The van der Waals surface area contributed by atoms with Crippen LogP contribution in [0, 0.1) is 16.7 Å². The highest BCUT2D eigenvalue weighted by atomic mass is 16.5. The Kier molecular flexibility index (Phi) is 6.26. The number of rotatable bonds is 9. The van der Waals surface area contributed by atoms with Gasteiger partial charge in [0.2, 0.25) is 0 Å². The second-order valence-corrected chi connectivity index (χ2v) is 7.10. The Balaban J connectivity index is 2.01. The van der Waals surface area contributed by atoms with Gasteiger partial charge in [-0.2, -0.15) is 5.10 Å². The van der Waals surface area contributed by atoms with E-state index in [0.29, 0.717) is 17.1 Å². The molecule has 10 nitrogen and oxygen atoms in total. The summed E-state index contributed by atoms with van der Waals surface area (Å²) in [5.74, 6) is -0.387. The number of nitrogens with zero attached hydrogens (tertiary/aromatic N) is 5. The number of ether oxygens (including phenoxy) is 1. The maximum atomic E-state index is 13.1. The van der Waals surface area contributed by atoms with Gasteiger partial charge in [0.05, 0.1) is 30.9 Å². The first-order valence-electron chi connectivity index (χ1n) is 9.42. The van der Waals surface area contributed by atoms with Crippen LogP contribution in [0.15, 0.2) is 52.3 Å². The Morgan fingerprint density at radius 3 is 2.30 bits per heavy atom. The average molecular weight is 411 g/mol. The zero-order chi connectivity index (χ0) is 21.8. The van der Waals surface area contributed by atoms with Crippen molar-refractivity contribution in [1.82, 2.24) is 23.7 Å². The van der Waals surface area contributed by atoms with Gasteiger partial charge in [-0.25, -0.2) is 23.5 Å². The highest BCUT2D eigenvalue weighted by Gasteiger charge is 2.20. The lowest BCUT2D eigenvalue weighted by Crippen LogP contribution is -2.28. The third-order valence-corrected chi connectivity index (χ3v) is 4.83. The second-order valence-electron chi connectivity index (χ2n) is 7.10. The fraction of sp³-hybridized carbons (Fsp3) is 0.350. The smallest absolute Gasteiger partial charge is 0.354 e. The number of aromatic nitrogens is 5. The van der Waals surface area contributed by atoms with E-state index >= 15 is 0 Å². The van der Waals surface area contributed by atoms with Crippen molar-refractivity contribution < 1.29 is 4.74 Å². The molecule has 0 bridgehead atoms. The number of methoxy groups -OCH3 is 1. The van der Waals surface area contributed by atoms with Gasteiger partial charge < -0.3 is 15.6 Å². The molecule has 0 saturated heterocycles. The minimum Gasteiger partial charge on any atom is -0.362 e. The number of hydrogen-bond donors (Lipinski definition) is 2. The van der Waals surface area contributed by atoms with Crippen LogP contribution in [0.4, 0.5) is 0 Å². The van der Waals surface area contributed by atoms with Crippen LogP contribution in [0.3, 0.4) is 0 Å². The van der Waals surface area contributed by atoms with Gasteiger partial charge in [-0.15, -0.1) is 0 Å². The molecular formula is C20H25N7O3. The fourth-order valence-electron chi connectivity index (χ4n) is 3.25. The Hall–Kier alpha value is -3.53. The van der Waals surface area contributed by atoms with E-state index in [4.69, 9.17) is 15.6 Å². The van der Waals surface area contributed by atoms with Gasteiger partial charge in [0.1, 0.15) is 6.73 Å². The predicted octanol–water partition coefficient (Wildman–Crippen LogP) is 1.34. The first-order valence-corrected chi connectivity index (χ1v) is 9.42. The van der Waals surface area contributed by atoms with E-state index in [1.807, 2.05) is 30.3 Å². The molecule has 0 saturated carbocycles. The molecule has 0 radical (unpaired) electrons. The maximum Gasteiger partial charge on any atom is 0.354 e. The van der Waals surface area contributed by atoms with E-state index in [1.54, 1.807) is 20.0 Å². The third-order valence-electron chi connectivity index (χ3n) is 4.83. The first-order chi connectivity index (χ1) is 14.3. The summed E-state index contributed by atoms with van der Waals surface area (Å²) in [6.45, 7) is 3.73. The highest BCUT2D eigenvalue weighted by molar-refractivity contribution is 6.02. The molecule has 158 valence electrons. The van der Waals surface area contributed by atoms with E-state index < -0.39 is 11.4 Å². The molecule has 0 aliphatic heterocycles. The van der Waals surface area contributed by atoms with Gasteiger partial charge in [0.15, 0.2) is 0 Å². The second kappa shape index (κ2) is 8.87. The van der Waals surface area contributed by atoms with Gasteiger partial charge in [0.25, 0.3) is 0 Å². The van der Waals surface area contributed by atoms with Crippen LogP contribution in [0.2, 0.25) is 0 Å². The van der Waals surface area contributed by atoms with Crippen molar-refractivity contribution in [1.29, 1.82) is 10.8 Å². The minimum absolute atomic E-state index is 0.0654. The van der Waals surface area contributed by atoms with Crippen molar-refractivity contribution in [3.05, 3.63) is 69.3 Å². The van der Waals surface area contributed by atoms with Gasteiger partial charge in [-0.1, -0.05) is 30.3 Å². The number of nitrogens with one attached hydrogen (secondary N) is 2. The maximum absolute atomic E-state index is 13.1. The number of benzene rings is 1. The lowest BCUT2D eigenvalue weighted by atomic mass is 10.00. The van der Waals surface area contributed by atoms with Gasteiger partial charge >= 0.3 is 11.4 Å². The SMILES string of the molecule is COCn1c(=O)n(-c2cnn(CC(C(C)=N)C(C)=N)c2)c(=O)n1Cc1ccccc1. The molecule has 1 aromatic carbocycles. The van der Waals surface area contributed by atoms with Gasteiger partial charge in [0, 0.05) is 24.7 Å². The van der Waals surface area contributed by atoms with Gasteiger partial charge in [-0.3, -0.25) is 4.68 Å². The van der Waals surface area contributed by atoms with E-state index in [-0.39, 0.29) is 25.7 Å². The molecule has 30 heavy (non-hydrogen) atoms. The van der Waals surface area contributed by atoms with Gasteiger partial charge in [-0.05, 0) is 19.4 Å². The van der Waals surface area contributed by atoms with E-state index in [1.165, 1.54) is 27.4 Å². The summed E-state index contributed by atoms with van der Waals surface area (Å²) in [6.07, 6.45) is 3.01. The van der Waals surface area contributed by atoms with Crippen LogP contribution in [0.25, 0.3) is 5.69 Å². The molecule has 10 heteroatoms. The zero-order valence-corrected chi connectivity index (χ0v) is 17.2. The van der Waals surface area contributed by atoms with Crippen molar-refractivity contribution in [2.75, 3.05) is 7.11 Å². The number of hydrogen-bond acceptors (Lipinski definition) is 6. The summed E-state index contributed by atoms with van der Waals surface area (Å²) in [5.41, 5.74) is 0.888. The first kappa shape index (κ1) is 21.2. The average Bonchev–Trinajstić information content (AvgIpc) is 3.25. The van der Waals surface area contributed by atoms with Crippen LogP contribution in [-0.4, -0.2) is 42.2 Å². The molecule has 0 spiro atoms. The normalized spacial score (nSPS) is 12.1. The summed E-state index contributed by atoms with van der Waals surface area (Å²) in [6, 6.07) is 9.37. The Morgan fingerprint density at radius 1 is 1.07 bits per heavy atom. The zero-order valence-electron chi connectivity index (χ0n) is 17.2. The summed E-state index contributed by atoms with van der Waals surface area (Å²) >= 11 is 0. The van der Waals surface area contributed by atoms with Crippen LogP contribution in [-0.2, 0) is 24.6 Å². The van der Waals surface area contributed by atoms with Crippen molar-refractivity contribution in [3.8, 4) is 5.69 Å². The quantitative estimate of drug-likeness (QED) is 0.516. The van der Waals surface area contributed by atoms with Crippen LogP contribution >= 0.6 is 0 Å². The Morgan fingerprint density at radius 2 is 1.70 bits per heavy atom. The molecule has 2 heterocycles. The molecule has 0 unspecified atom stereocenters. The summed E-state index contributed by atoms with van der Waals surface area (Å²) in [7, 11) is 1.46. The van der Waals surface area contributed by atoms with Crippen LogP contribution in [0.5, 0.6) is 0 Å². The van der Waals surface area contributed by atoms with Crippen molar-refractivity contribution >= 4 is 11.4 Å². The molecule has 0 fully saturated rings. The fourth-order valence-corrected chi connectivity index (χ4v) is 3.25. The lowest BCUT2D eigenvalue weighted by Gasteiger charge is -2.14. The summed E-state index contributed by atoms with van der Waals surface area (Å²) in [4.78, 5) is 26.0. The third kappa shape index (κ3) is 4.23. The standard InChI is InChI=1S/C20H25N7O3/c1-14(21)18(15(2)22)12-24-11-17(9-23-24)27-19(28)25(26(13-30-3)20(27)29)10-16-7-5-4-6-8-16/h4-9,11,18,21-22H,10,12-13H2,1-3H3. The molecule has 3 aromatic rings. The summed E-state index contributed by atoms with van der Waals surface area (Å²) < 4.78 is 10.3. The van der Waals surface area contributed by atoms with E-state index in [2.05, 4.69) is 5.10 Å².